The number of rotatable bonds is 5. The predicted octanol–water partition coefficient (Wildman–Crippen LogP) is 2.93. The summed E-state index contributed by atoms with van der Waals surface area (Å²) in [5.74, 6) is -0.659. The van der Waals surface area contributed by atoms with Gasteiger partial charge in [0.1, 0.15) is 0 Å². The number of carbonyl (C=O) groups is 1. The van der Waals surface area contributed by atoms with E-state index in [1.807, 2.05) is 19.2 Å². The first-order chi connectivity index (χ1) is 13.2. The highest BCUT2D eigenvalue weighted by atomic mass is 19.4. The third kappa shape index (κ3) is 4.18. The number of hydrogen-bond donors (Lipinski definition) is 2. The Bertz CT molecular complexity index is 833. The van der Waals surface area contributed by atoms with Gasteiger partial charge in [-0.1, -0.05) is 13.0 Å². The SMILES string of the molecule is CCc1ccc2c(c1CNC(=O)C1=CC=C(OC(F)(F)F)N(C)C1)N(C)CN2. The van der Waals surface area contributed by atoms with Crippen molar-refractivity contribution in [2.75, 3.05) is 37.5 Å². The van der Waals surface area contributed by atoms with Crippen molar-refractivity contribution in [3.05, 3.63) is 46.9 Å². The molecule has 1 aromatic rings. The molecule has 9 heteroatoms. The highest BCUT2D eigenvalue weighted by molar-refractivity contribution is 5.94. The molecule has 152 valence electrons. The fourth-order valence-electron chi connectivity index (χ4n) is 3.41. The molecule has 1 aromatic carbocycles. The molecule has 3 rings (SSSR count). The van der Waals surface area contributed by atoms with Gasteiger partial charge in [-0.15, -0.1) is 13.2 Å². The maximum atomic E-state index is 12.6. The molecule has 6 nitrogen and oxygen atoms in total. The Balaban J connectivity index is 1.73. The number of anilines is 2. The van der Waals surface area contributed by atoms with Crippen LogP contribution in [0, 0.1) is 0 Å². The van der Waals surface area contributed by atoms with Crippen LogP contribution in [-0.4, -0.2) is 44.5 Å². The predicted molar refractivity (Wildman–Crippen MR) is 100 cm³/mol. The first-order valence-corrected chi connectivity index (χ1v) is 8.95. The molecule has 28 heavy (non-hydrogen) atoms. The number of hydrogen-bond acceptors (Lipinski definition) is 5. The van der Waals surface area contributed by atoms with Crippen molar-refractivity contribution in [2.45, 2.75) is 26.3 Å². The minimum atomic E-state index is -4.77. The number of alkyl halides is 3. The molecule has 0 radical (unpaired) electrons. The zero-order chi connectivity index (χ0) is 20.5. The second-order valence-corrected chi connectivity index (χ2v) is 6.77. The van der Waals surface area contributed by atoms with Gasteiger partial charge in [0.15, 0.2) is 5.88 Å². The summed E-state index contributed by atoms with van der Waals surface area (Å²) < 4.78 is 41.1. The smallest absolute Gasteiger partial charge is 0.390 e. The van der Waals surface area contributed by atoms with Crippen molar-refractivity contribution < 1.29 is 22.7 Å². The van der Waals surface area contributed by atoms with Gasteiger partial charge in [-0.25, -0.2) is 0 Å². The minimum absolute atomic E-state index is 0.0305. The number of halogens is 3. The number of aryl methyl sites for hydroxylation is 1. The monoisotopic (exact) mass is 396 g/mol. The van der Waals surface area contributed by atoms with Crippen LogP contribution >= 0.6 is 0 Å². The van der Waals surface area contributed by atoms with Gasteiger partial charge in [-0.3, -0.25) is 4.79 Å². The van der Waals surface area contributed by atoms with E-state index < -0.39 is 6.36 Å². The van der Waals surface area contributed by atoms with Crippen LogP contribution in [0.1, 0.15) is 18.1 Å². The number of ether oxygens (including phenoxy) is 1. The maximum Gasteiger partial charge on any atom is 0.574 e. The van der Waals surface area contributed by atoms with E-state index in [-0.39, 0.29) is 18.3 Å². The molecular weight excluding hydrogens is 373 g/mol. The summed E-state index contributed by atoms with van der Waals surface area (Å²) in [5, 5.41) is 6.20. The molecular formula is C19H23F3N4O2. The summed E-state index contributed by atoms with van der Waals surface area (Å²) in [7, 11) is 3.42. The lowest BCUT2D eigenvalue weighted by Gasteiger charge is -2.27. The topological polar surface area (TPSA) is 56.8 Å². The van der Waals surface area contributed by atoms with E-state index in [2.05, 4.69) is 27.2 Å². The molecule has 0 bridgehead atoms. The van der Waals surface area contributed by atoms with Gasteiger partial charge in [0.25, 0.3) is 0 Å². The summed E-state index contributed by atoms with van der Waals surface area (Å²) in [4.78, 5) is 15.9. The van der Waals surface area contributed by atoms with E-state index in [1.165, 1.54) is 18.0 Å². The van der Waals surface area contributed by atoms with Crippen molar-refractivity contribution >= 4 is 17.3 Å². The van der Waals surface area contributed by atoms with Gasteiger partial charge in [0.05, 0.1) is 24.6 Å². The number of benzene rings is 1. The zero-order valence-corrected chi connectivity index (χ0v) is 16.0. The first kappa shape index (κ1) is 19.9. The zero-order valence-electron chi connectivity index (χ0n) is 16.0. The van der Waals surface area contributed by atoms with E-state index in [4.69, 9.17) is 0 Å². The quantitative estimate of drug-likeness (QED) is 0.802. The Morgan fingerprint density at radius 1 is 1.25 bits per heavy atom. The van der Waals surface area contributed by atoms with Crippen LogP contribution in [0.15, 0.2) is 35.7 Å². The second-order valence-electron chi connectivity index (χ2n) is 6.77. The lowest BCUT2D eigenvalue weighted by Crippen LogP contribution is -2.34. The van der Waals surface area contributed by atoms with Crippen LogP contribution in [-0.2, 0) is 22.5 Å². The van der Waals surface area contributed by atoms with Crippen molar-refractivity contribution in [2.24, 2.45) is 0 Å². The number of fused-ring (bicyclic) bond motifs is 1. The molecule has 2 N–H and O–H groups in total. The molecule has 2 aliphatic heterocycles. The lowest BCUT2D eigenvalue weighted by atomic mass is 10.0. The fourth-order valence-corrected chi connectivity index (χ4v) is 3.41. The fraction of sp³-hybridized carbons (Fsp3) is 0.421. The normalized spacial score (nSPS) is 16.2. The first-order valence-electron chi connectivity index (χ1n) is 8.95. The van der Waals surface area contributed by atoms with Crippen LogP contribution in [0.25, 0.3) is 0 Å². The summed E-state index contributed by atoms with van der Waals surface area (Å²) in [6.07, 6.45) is -1.42. The van der Waals surface area contributed by atoms with Crippen LogP contribution in [0.3, 0.4) is 0 Å². The number of likely N-dealkylation sites (N-methyl/N-ethyl adjacent to an activating group) is 1. The van der Waals surface area contributed by atoms with Crippen molar-refractivity contribution in [1.29, 1.82) is 0 Å². The van der Waals surface area contributed by atoms with Gasteiger partial charge in [-0.05, 0) is 35.8 Å². The maximum absolute atomic E-state index is 12.6. The number of nitrogens with one attached hydrogen (secondary N) is 2. The minimum Gasteiger partial charge on any atom is -0.390 e. The van der Waals surface area contributed by atoms with Gasteiger partial charge in [-0.2, -0.15) is 0 Å². The molecule has 0 atom stereocenters. The molecule has 0 aromatic heterocycles. The summed E-state index contributed by atoms with van der Waals surface area (Å²) >= 11 is 0. The molecule has 2 heterocycles. The number of carbonyl (C=O) groups excluding carboxylic acids is 1. The highest BCUT2D eigenvalue weighted by Crippen LogP contribution is 2.36. The van der Waals surface area contributed by atoms with Crippen molar-refractivity contribution in [1.82, 2.24) is 10.2 Å². The third-order valence-electron chi connectivity index (χ3n) is 4.80. The molecule has 1 amide bonds. The number of amides is 1. The number of allylic oxidation sites excluding steroid dienone is 2. The van der Waals surface area contributed by atoms with E-state index >= 15 is 0 Å². The molecule has 0 fully saturated rings. The average Bonchev–Trinajstić information content (AvgIpc) is 3.01. The standard InChI is InChI=1S/C19H23F3N4O2/c1-4-12-5-7-15-17(26(3)11-24-15)14(12)9-23-18(27)13-6-8-16(25(2)10-13)28-19(20,21)22/h5-8,24H,4,9-11H2,1-3H3,(H,23,27). The van der Waals surface area contributed by atoms with Gasteiger partial charge in [0.2, 0.25) is 5.91 Å². The summed E-state index contributed by atoms with van der Waals surface area (Å²) in [5.41, 5.74) is 4.65. The Morgan fingerprint density at radius 3 is 2.64 bits per heavy atom. The Morgan fingerprint density at radius 2 is 2.00 bits per heavy atom. The number of nitrogens with zero attached hydrogens (tertiary/aromatic N) is 2. The molecule has 2 aliphatic rings. The third-order valence-corrected chi connectivity index (χ3v) is 4.80. The highest BCUT2D eigenvalue weighted by Gasteiger charge is 2.34. The van der Waals surface area contributed by atoms with Gasteiger partial charge >= 0.3 is 6.36 Å². The van der Waals surface area contributed by atoms with Gasteiger partial charge in [0, 0.05) is 26.2 Å². The van der Waals surface area contributed by atoms with Crippen LogP contribution in [0.5, 0.6) is 0 Å². The van der Waals surface area contributed by atoms with Crippen molar-refractivity contribution in [3.8, 4) is 0 Å². The van der Waals surface area contributed by atoms with Crippen LogP contribution < -0.4 is 15.5 Å². The van der Waals surface area contributed by atoms with E-state index in [1.54, 1.807) is 0 Å². The van der Waals surface area contributed by atoms with Gasteiger partial charge < -0.3 is 25.2 Å². The molecule has 0 aliphatic carbocycles. The largest absolute Gasteiger partial charge is 0.574 e. The van der Waals surface area contributed by atoms with E-state index in [9.17, 15) is 18.0 Å². The Kier molecular flexibility index (Phi) is 5.44. The van der Waals surface area contributed by atoms with Crippen molar-refractivity contribution in [3.63, 3.8) is 0 Å². The second kappa shape index (κ2) is 7.65. The summed E-state index contributed by atoms with van der Waals surface area (Å²) in [6.45, 7) is 3.13. The van der Waals surface area contributed by atoms with E-state index in [0.717, 1.165) is 35.0 Å². The summed E-state index contributed by atoms with van der Waals surface area (Å²) in [6, 6.07) is 4.08. The molecule has 0 saturated carbocycles. The lowest BCUT2D eigenvalue weighted by molar-refractivity contribution is -0.313. The molecule has 0 unspecified atom stereocenters. The van der Waals surface area contributed by atoms with E-state index in [0.29, 0.717) is 18.8 Å². The van der Waals surface area contributed by atoms with Crippen LogP contribution in [0.2, 0.25) is 0 Å². The molecule has 0 saturated heterocycles. The Labute approximate surface area is 161 Å². The Hall–Kier alpha value is -2.84. The average molecular weight is 396 g/mol. The van der Waals surface area contributed by atoms with Crippen LogP contribution in [0.4, 0.5) is 24.5 Å². The molecule has 0 spiro atoms.